The van der Waals surface area contributed by atoms with Crippen molar-refractivity contribution in [3.05, 3.63) is 23.9 Å². The zero-order chi connectivity index (χ0) is 9.68. The second-order valence-electron chi connectivity index (χ2n) is 3.08. The third kappa shape index (κ3) is 3.83. The maximum Gasteiger partial charge on any atom is 0.335 e. The Morgan fingerprint density at radius 3 is 2.93 bits per heavy atom. The van der Waals surface area contributed by atoms with Crippen LogP contribution in [0.25, 0.3) is 0 Å². The van der Waals surface area contributed by atoms with Crippen molar-refractivity contribution >= 4 is 18.4 Å². The highest BCUT2D eigenvalue weighted by atomic mass is 35.5. The number of nitrogens with zero attached hydrogens (tertiary/aromatic N) is 1. The Kier molecular flexibility index (Phi) is 6.04. The molecule has 80 valence electrons. The second kappa shape index (κ2) is 6.49. The first-order valence-electron chi connectivity index (χ1n) is 4.48. The Morgan fingerprint density at radius 2 is 2.36 bits per heavy atom. The summed E-state index contributed by atoms with van der Waals surface area (Å²) in [6.45, 7) is 3.12. The first-order chi connectivity index (χ1) is 6.24. The van der Waals surface area contributed by atoms with E-state index in [2.05, 4.69) is 0 Å². The predicted octanol–water partition coefficient (Wildman–Crippen LogP) is 1.75. The Bertz CT molecular complexity index is 249. The van der Waals surface area contributed by atoms with Gasteiger partial charge >= 0.3 is 5.97 Å². The highest BCUT2D eigenvalue weighted by molar-refractivity contribution is 5.89. The van der Waals surface area contributed by atoms with Gasteiger partial charge in [-0.2, -0.15) is 0 Å². The summed E-state index contributed by atoms with van der Waals surface area (Å²) in [6.07, 6.45) is 6.45. The maximum atomic E-state index is 11.4. The van der Waals surface area contributed by atoms with Crippen molar-refractivity contribution in [1.82, 2.24) is 4.90 Å². The van der Waals surface area contributed by atoms with Crippen molar-refractivity contribution in [2.45, 2.75) is 13.3 Å². The van der Waals surface area contributed by atoms with Crippen LogP contribution < -0.4 is 0 Å². The number of halogens is 1. The zero-order valence-electron chi connectivity index (χ0n) is 8.53. The molecule has 0 radical (unpaired) electrons. The largest absolute Gasteiger partial charge is 0.462 e. The Hall–Kier alpha value is -0.960. The van der Waals surface area contributed by atoms with Gasteiger partial charge in [-0.1, -0.05) is 6.92 Å². The van der Waals surface area contributed by atoms with Crippen molar-refractivity contribution in [2.75, 3.05) is 20.2 Å². The molecule has 0 atom stereocenters. The van der Waals surface area contributed by atoms with Crippen LogP contribution >= 0.6 is 12.4 Å². The van der Waals surface area contributed by atoms with E-state index in [1.54, 1.807) is 6.08 Å². The van der Waals surface area contributed by atoms with Crippen molar-refractivity contribution in [3.8, 4) is 0 Å². The van der Waals surface area contributed by atoms with Gasteiger partial charge in [0.1, 0.15) is 0 Å². The number of ether oxygens (including phenoxy) is 1. The monoisotopic (exact) mass is 217 g/mol. The number of allylic oxidation sites excluding steroid dienone is 2. The average Bonchev–Trinajstić information content (AvgIpc) is 2.14. The van der Waals surface area contributed by atoms with E-state index in [4.69, 9.17) is 4.74 Å². The molecule has 0 unspecified atom stereocenters. The molecule has 14 heavy (non-hydrogen) atoms. The minimum atomic E-state index is -0.196. The summed E-state index contributed by atoms with van der Waals surface area (Å²) in [5.41, 5.74) is 0.721. The van der Waals surface area contributed by atoms with Gasteiger partial charge in [-0.25, -0.2) is 4.79 Å². The summed E-state index contributed by atoms with van der Waals surface area (Å²) >= 11 is 0. The Labute approximate surface area is 90.8 Å². The molecular formula is C10H16ClNO2. The third-order valence-electron chi connectivity index (χ3n) is 1.76. The highest BCUT2D eigenvalue weighted by Gasteiger charge is 2.13. The molecular weight excluding hydrogens is 202 g/mol. The molecule has 0 amide bonds. The zero-order valence-corrected chi connectivity index (χ0v) is 9.34. The van der Waals surface area contributed by atoms with Gasteiger partial charge in [0.15, 0.2) is 0 Å². The number of carbonyl (C=O) groups excluding carboxylic acids is 1. The van der Waals surface area contributed by atoms with E-state index in [-0.39, 0.29) is 18.4 Å². The van der Waals surface area contributed by atoms with Crippen molar-refractivity contribution in [2.24, 2.45) is 0 Å². The molecule has 0 aromatic carbocycles. The van der Waals surface area contributed by atoms with E-state index in [0.29, 0.717) is 13.2 Å². The first-order valence-corrected chi connectivity index (χ1v) is 4.48. The lowest BCUT2D eigenvalue weighted by Gasteiger charge is -2.18. The van der Waals surface area contributed by atoms with E-state index in [1.807, 2.05) is 31.1 Å². The molecule has 1 rings (SSSR count). The molecule has 1 aliphatic rings. The molecule has 0 aliphatic carbocycles. The fourth-order valence-electron chi connectivity index (χ4n) is 1.10. The summed E-state index contributed by atoms with van der Waals surface area (Å²) in [5, 5.41) is 0. The van der Waals surface area contributed by atoms with Crippen molar-refractivity contribution in [3.63, 3.8) is 0 Å². The highest BCUT2D eigenvalue weighted by Crippen LogP contribution is 2.07. The molecule has 0 fully saturated rings. The molecule has 0 spiro atoms. The lowest BCUT2D eigenvalue weighted by Crippen LogP contribution is -2.22. The molecule has 0 aromatic rings. The SMILES string of the molecule is CCCOC(=O)C1=CC=CN(C)C1.Cl. The molecule has 0 bridgehead atoms. The summed E-state index contributed by atoms with van der Waals surface area (Å²) < 4.78 is 5.01. The van der Waals surface area contributed by atoms with Crippen LogP contribution in [0.15, 0.2) is 23.9 Å². The lowest BCUT2D eigenvalue weighted by atomic mass is 10.2. The molecule has 0 aromatic heterocycles. The summed E-state index contributed by atoms with van der Waals surface area (Å²) in [5.74, 6) is -0.196. The van der Waals surface area contributed by atoms with Crippen LogP contribution in [0.1, 0.15) is 13.3 Å². The van der Waals surface area contributed by atoms with Gasteiger partial charge < -0.3 is 9.64 Å². The van der Waals surface area contributed by atoms with E-state index < -0.39 is 0 Å². The Morgan fingerprint density at radius 1 is 1.64 bits per heavy atom. The first kappa shape index (κ1) is 13.0. The van der Waals surface area contributed by atoms with Gasteiger partial charge in [0.05, 0.1) is 12.2 Å². The van der Waals surface area contributed by atoms with Crippen LogP contribution in [0.3, 0.4) is 0 Å². The van der Waals surface area contributed by atoms with Gasteiger partial charge in [-0.05, 0) is 24.8 Å². The maximum absolute atomic E-state index is 11.4. The number of rotatable bonds is 3. The van der Waals surface area contributed by atoms with Crippen LogP contribution in [-0.4, -0.2) is 31.1 Å². The molecule has 1 aliphatic heterocycles. The second-order valence-corrected chi connectivity index (χ2v) is 3.08. The van der Waals surface area contributed by atoms with E-state index in [1.165, 1.54) is 0 Å². The number of hydrogen-bond acceptors (Lipinski definition) is 3. The number of likely N-dealkylation sites (N-methyl/N-ethyl adjacent to an activating group) is 1. The minimum absolute atomic E-state index is 0. The molecule has 0 saturated carbocycles. The average molecular weight is 218 g/mol. The molecule has 3 nitrogen and oxygen atoms in total. The van der Waals surface area contributed by atoms with E-state index in [0.717, 1.165) is 12.0 Å². The van der Waals surface area contributed by atoms with Crippen LogP contribution in [0.2, 0.25) is 0 Å². The van der Waals surface area contributed by atoms with Gasteiger partial charge in [-0.15, -0.1) is 12.4 Å². The van der Waals surface area contributed by atoms with Crippen molar-refractivity contribution in [1.29, 1.82) is 0 Å². The topological polar surface area (TPSA) is 29.5 Å². The van der Waals surface area contributed by atoms with Gasteiger partial charge in [0.25, 0.3) is 0 Å². The van der Waals surface area contributed by atoms with Crippen LogP contribution in [-0.2, 0) is 9.53 Å². The summed E-state index contributed by atoms with van der Waals surface area (Å²) in [6, 6.07) is 0. The molecule has 0 N–H and O–H groups in total. The minimum Gasteiger partial charge on any atom is -0.462 e. The van der Waals surface area contributed by atoms with Crippen molar-refractivity contribution < 1.29 is 9.53 Å². The van der Waals surface area contributed by atoms with Gasteiger partial charge in [-0.3, -0.25) is 0 Å². The summed E-state index contributed by atoms with van der Waals surface area (Å²) in [7, 11) is 1.93. The smallest absolute Gasteiger partial charge is 0.335 e. The van der Waals surface area contributed by atoms with E-state index >= 15 is 0 Å². The third-order valence-corrected chi connectivity index (χ3v) is 1.76. The predicted molar refractivity (Wildman–Crippen MR) is 58.4 cm³/mol. The molecule has 0 saturated heterocycles. The number of hydrogen-bond donors (Lipinski definition) is 0. The standard InChI is InChI=1S/C10H15NO2.ClH/c1-3-7-13-10(12)9-5-4-6-11(2)8-9;/h4-6H,3,7-8H2,1-2H3;1H. The summed E-state index contributed by atoms with van der Waals surface area (Å²) in [4.78, 5) is 13.3. The van der Waals surface area contributed by atoms with Crippen LogP contribution in [0, 0.1) is 0 Å². The van der Waals surface area contributed by atoms with Gasteiger partial charge in [0.2, 0.25) is 0 Å². The van der Waals surface area contributed by atoms with Gasteiger partial charge in [0, 0.05) is 13.6 Å². The number of esters is 1. The quantitative estimate of drug-likeness (QED) is 0.675. The Balaban J connectivity index is 0.00000169. The van der Waals surface area contributed by atoms with E-state index in [9.17, 15) is 4.79 Å². The lowest BCUT2D eigenvalue weighted by molar-refractivity contribution is -0.139. The fourth-order valence-corrected chi connectivity index (χ4v) is 1.10. The fraction of sp³-hybridized carbons (Fsp3) is 0.500. The molecule has 1 heterocycles. The normalized spacial score (nSPS) is 14.4. The molecule has 4 heteroatoms. The number of carbonyl (C=O) groups is 1. The van der Waals surface area contributed by atoms with Crippen LogP contribution in [0.4, 0.5) is 0 Å². The van der Waals surface area contributed by atoms with Crippen LogP contribution in [0.5, 0.6) is 0 Å².